The molecule has 0 bridgehead atoms. The fourth-order valence-electron chi connectivity index (χ4n) is 3.25. The predicted octanol–water partition coefficient (Wildman–Crippen LogP) is 2.44. The van der Waals surface area contributed by atoms with Gasteiger partial charge in [-0.2, -0.15) is 0 Å². The van der Waals surface area contributed by atoms with Crippen LogP contribution >= 0.6 is 0 Å². The maximum Gasteiger partial charge on any atom is 0.314 e. The van der Waals surface area contributed by atoms with Crippen molar-refractivity contribution < 1.29 is 28.5 Å². The van der Waals surface area contributed by atoms with Crippen LogP contribution in [0.3, 0.4) is 0 Å². The second-order valence-electron chi connectivity index (χ2n) is 7.92. The van der Waals surface area contributed by atoms with Crippen LogP contribution in [0.25, 0.3) is 0 Å². The first-order chi connectivity index (χ1) is 15.4. The summed E-state index contributed by atoms with van der Waals surface area (Å²) in [7, 11) is 0. The van der Waals surface area contributed by atoms with Crippen molar-refractivity contribution >= 4 is 12.1 Å². The molecule has 2 unspecified atom stereocenters. The number of amides is 4. The quantitative estimate of drug-likeness (QED) is 0.161. The number of rotatable bonds is 16. The molecule has 4 amide bonds. The molecule has 1 aliphatic carbocycles. The van der Waals surface area contributed by atoms with Crippen LogP contribution in [0.4, 0.5) is 9.59 Å². The highest BCUT2D eigenvalue weighted by atomic mass is 16.7. The molecule has 32 heavy (non-hydrogen) atoms. The number of allylic oxidation sites excluding steroid dienone is 2. The Balaban J connectivity index is 2.06. The van der Waals surface area contributed by atoms with Crippen molar-refractivity contribution in [3.05, 3.63) is 24.7 Å². The van der Waals surface area contributed by atoms with Crippen LogP contribution in [0.15, 0.2) is 24.7 Å². The number of nitrogens with one attached hydrogen (secondary N) is 4. The molecule has 10 heteroatoms. The van der Waals surface area contributed by atoms with E-state index in [1.807, 2.05) is 0 Å². The molecule has 0 saturated heterocycles. The topological polar surface area (TPSA) is 119 Å². The van der Waals surface area contributed by atoms with E-state index in [4.69, 9.17) is 18.9 Å². The van der Waals surface area contributed by atoms with Gasteiger partial charge in [-0.25, -0.2) is 9.59 Å². The van der Waals surface area contributed by atoms with Gasteiger partial charge in [-0.1, -0.05) is 19.6 Å². The molecular weight excluding hydrogens is 416 g/mol. The highest BCUT2D eigenvalue weighted by Gasteiger charge is 2.22. The lowest BCUT2D eigenvalue weighted by atomic mass is 9.81. The van der Waals surface area contributed by atoms with E-state index in [2.05, 4.69) is 34.4 Å². The monoisotopic (exact) mass is 456 g/mol. The van der Waals surface area contributed by atoms with E-state index in [-0.39, 0.29) is 25.6 Å². The molecule has 1 rings (SSSR count). The molecule has 1 aliphatic rings. The van der Waals surface area contributed by atoms with Crippen molar-refractivity contribution in [3.8, 4) is 0 Å². The number of urea groups is 2. The van der Waals surface area contributed by atoms with Crippen LogP contribution in [0.2, 0.25) is 0 Å². The number of carbonyl (C=O) groups excluding carboxylic acids is 2. The zero-order valence-electron chi connectivity index (χ0n) is 19.5. The summed E-state index contributed by atoms with van der Waals surface area (Å²) in [5.41, 5.74) is 0. The summed E-state index contributed by atoms with van der Waals surface area (Å²) in [6.07, 6.45) is 4.22. The Morgan fingerprint density at radius 2 is 1.22 bits per heavy atom. The first-order valence-electron chi connectivity index (χ1n) is 11.1. The van der Waals surface area contributed by atoms with Crippen molar-refractivity contribution in [3.63, 3.8) is 0 Å². The van der Waals surface area contributed by atoms with Crippen LogP contribution in [0, 0.1) is 11.8 Å². The number of hydrogen-bond donors (Lipinski definition) is 4. The highest BCUT2D eigenvalue weighted by Crippen LogP contribution is 2.28. The van der Waals surface area contributed by atoms with E-state index in [0.717, 1.165) is 25.7 Å². The minimum absolute atomic E-state index is 0.131. The third kappa shape index (κ3) is 15.4. The van der Waals surface area contributed by atoms with E-state index in [1.54, 1.807) is 13.8 Å². The third-order valence-electron chi connectivity index (χ3n) is 4.84. The van der Waals surface area contributed by atoms with Crippen LogP contribution in [-0.2, 0) is 18.9 Å². The van der Waals surface area contributed by atoms with Crippen LogP contribution in [0.1, 0.15) is 39.5 Å². The Hall–Kier alpha value is -2.46. The Labute approximate surface area is 191 Å². The zero-order chi connectivity index (χ0) is 23.6. The van der Waals surface area contributed by atoms with Gasteiger partial charge in [0.05, 0.1) is 24.7 Å². The van der Waals surface area contributed by atoms with Gasteiger partial charge in [0, 0.05) is 26.2 Å². The zero-order valence-corrected chi connectivity index (χ0v) is 19.5. The normalized spacial score (nSPS) is 17.7. The Bertz CT molecular complexity index is 539. The van der Waals surface area contributed by atoms with Crippen LogP contribution in [0.5, 0.6) is 0 Å². The summed E-state index contributed by atoms with van der Waals surface area (Å²) >= 11 is 0. The molecule has 10 nitrogen and oxygen atoms in total. The standard InChI is InChI=1S/C22H40N4O6/c1-17(2)31-15-29-10-8-23-21(27)25-13-19-6-5-7-20(12-19)14-26-22(28)24-9-11-30-16-32-18(3)4/h19-20H,1,3,5-16H2,2,4H3,(H2,23,25,27)(H2,24,26,28). The largest absolute Gasteiger partial charge is 0.473 e. The van der Waals surface area contributed by atoms with Crippen LogP contribution < -0.4 is 21.3 Å². The van der Waals surface area contributed by atoms with E-state index in [1.165, 1.54) is 0 Å². The molecule has 1 saturated carbocycles. The van der Waals surface area contributed by atoms with Gasteiger partial charge in [-0.05, 0) is 44.9 Å². The first-order valence-corrected chi connectivity index (χ1v) is 11.1. The highest BCUT2D eigenvalue weighted by molar-refractivity contribution is 5.74. The fourth-order valence-corrected chi connectivity index (χ4v) is 3.25. The van der Waals surface area contributed by atoms with E-state index in [9.17, 15) is 9.59 Å². The maximum atomic E-state index is 11.9. The summed E-state index contributed by atoms with van der Waals surface area (Å²) in [6.45, 7) is 13.8. The molecule has 0 aliphatic heterocycles. The maximum absolute atomic E-state index is 11.9. The Morgan fingerprint density at radius 1 is 0.781 bits per heavy atom. The van der Waals surface area contributed by atoms with Crippen molar-refractivity contribution in [1.82, 2.24) is 21.3 Å². The van der Waals surface area contributed by atoms with E-state index >= 15 is 0 Å². The molecule has 0 radical (unpaired) electrons. The SMILES string of the molecule is C=C(C)OCOCCNC(=O)NCC1CCCC(CNC(=O)NCCOCOC(=C)C)C1. The van der Waals surface area contributed by atoms with Crippen molar-refractivity contribution in [2.45, 2.75) is 39.5 Å². The van der Waals surface area contributed by atoms with Gasteiger partial charge >= 0.3 is 12.1 Å². The smallest absolute Gasteiger partial charge is 0.314 e. The Morgan fingerprint density at radius 3 is 1.62 bits per heavy atom. The molecule has 0 spiro atoms. The Kier molecular flexibility index (Phi) is 14.8. The van der Waals surface area contributed by atoms with Gasteiger partial charge in [-0.3, -0.25) is 0 Å². The van der Waals surface area contributed by atoms with Crippen molar-refractivity contribution in [2.75, 3.05) is 53.0 Å². The summed E-state index contributed by atoms with van der Waals surface area (Å²) in [5, 5.41) is 11.4. The van der Waals surface area contributed by atoms with Crippen molar-refractivity contribution in [2.24, 2.45) is 11.8 Å². The molecule has 4 N–H and O–H groups in total. The summed E-state index contributed by atoms with van der Waals surface area (Å²) < 4.78 is 20.6. The fraction of sp³-hybridized carbons (Fsp3) is 0.727. The lowest BCUT2D eigenvalue weighted by Crippen LogP contribution is -2.42. The summed E-state index contributed by atoms with van der Waals surface area (Å²) in [5.74, 6) is 2.00. The van der Waals surface area contributed by atoms with Crippen molar-refractivity contribution in [1.29, 1.82) is 0 Å². The molecule has 0 aromatic rings. The molecular formula is C22H40N4O6. The average molecular weight is 457 g/mol. The van der Waals surface area contributed by atoms with Gasteiger partial charge in [0.1, 0.15) is 0 Å². The van der Waals surface area contributed by atoms with E-state index in [0.29, 0.717) is 62.7 Å². The van der Waals surface area contributed by atoms with Gasteiger partial charge in [-0.15, -0.1) is 0 Å². The van der Waals surface area contributed by atoms with Gasteiger partial charge < -0.3 is 40.2 Å². The number of ether oxygens (including phenoxy) is 4. The lowest BCUT2D eigenvalue weighted by Gasteiger charge is -2.29. The average Bonchev–Trinajstić information content (AvgIpc) is 2.75. The first kappa shape index (κ1) is 27.6. The number of carbonyl (C=O) groups is 2. The minimum atomic E-state index is -0.204. The molecule has 0 aromatic heterocycles. The number of hydrogen-bond acceptors (Lipinski definition) is 6. The van der Waals surface area contributed by atoms with Gasteiger partial charge in [0.15, 0.2) is 13.6 Å². The molecule has 2 atom stereocenters. The second kappa shape index (κ2) is 17.1. The predicted molar refractivity (Wildman–Crippen MR) is 122 cm³/mol. The minimum Gasteiger partial charge on any atom is -0.473 e. The van der Waals surface area contributed by atoms with Gasteiger partial charge in [0.2, 0.25) is 0 Å². The second-order valence-corrected chi connectivity index (χ2v) is 7.92. The van der Waals surface area contributed by atoms with Crippen LogP contribution in [-0.4, -0.2) is 65.0 Å². The molecule has 0 heterocycles. The molecule has 0 aromatic carbocycles. The van der Waals surface area contributed by atoms with E-state index < -0.39 is 0 Å². The summed E-state index contributed by atoms with van der Waals surface area (Å²) in [6, 6.07) is -0.408. The third-order valence-corrected chi connectivity index (χ3v) is 4.84. The van der Waals surface area contributed by atoms with Gasteiger partial charge in [0.25, 0.3) is 0 Å². The molecule has 184 valence electrons. The molecule has 1 fully saturated rings. The summed E-state index contributed by atoms with van der Waals surface area (Å²) in [4.78, 5) is 23.8. The lowest BCUT2D eigenvalue weighted by molar-refractivity contribution is -0.0202.